The molecule has 2 rings (SSSR count). The Labute approximate surface area is 131 Å². The summed E-state index contributed by atoms with van der Waals surface area (Å²) in [6, 6.07) is 12.8. The Balaban J connectivity index is 1.84. The van der Waals surface area contributed by atoms with Crippen LogP contribution in [-0.2, 0) is 9.53 Å². The molecular weight excluding hydrogens is 313 g/mol. The second kappa shape index (κ2) is 7.11. The van der Waals surface area contributed by atoms with Crippen LogP contribution in [0.5, 0.6) is 0 Å². The summed E-state index contributed by atoms with van der Waals surface area (Å²) in [5.41, 5.74) is 0.908. The van der Waals surface area contributed by atoms with Gasteiger partial charge in [-0.3, -0.25) is 4.79 Å². The predicted octanol–water partition coefficient (Wildman–Crippen LogP) is 3.79. The summed E-state index contributed by atoms with van der Waals surface area (Å²) in [5, 5.41) is 3.68. The fourth-order valence-corrected chi connectivity index (χ4v) is 1.78. The molecule has 0 bridgehead atoms. The Morgan fingerprint density at radius 1 is 0.905 bits per heavy atom. The zero-order valence-corrected chi connectivity index (χ0v) is 12.3. The van der Waals surface area contributed by atoms with Crippen molar-refractivity contribution >= 4 is 40.8 Å². The molecule has 0 aliphatic rings. The first kappa shape index (κ1) is 15.4. The minimum absolute atomic E-state index is 0.332. The van der Waals surface area contributed by atoms with Gasteiger partial charge in [-0.15, -0.1) is 0 Å². The maximum Gasteiger partial charge on any atom is 0.338 e. The molecule has 4 nitrogen and oxygen atoms in total. The Kier molecular flexibility index (Phi) is 5.20. The molecule has 0 saturated heterocycles. The quantitative estimate of drug-likeness (QED) is 0.871. The Morgan fingerprint density at radius 2 is 1.43 bits per heavy atom. The molecule has 1 N–H and O–H groups in total. The Bertz CT molecular complexity index is 639. The highest BCUT2D eigenvalue weighted by atomic mass is 35.5. The van der Waals surface area contributed by atoms with Gasteiger partial charge in [-0.05, 0) is 48.5 Å². The van der Waals surface area contributed by atoms with Crippen LogP contribution in [-0.4, -0.2) is 18.5 Å². The van der Waals surface area contributed by atoms with Gasteiger partial charge in [0.25, 0.3) is 5.91 Å². The second-order valence-electron chi connectivity index (χ2n) is 4.14. The van der Waals surface area contributed by atoms with Gasteiger partial charge in [-0.2, -0.15) is 0 Å². The van der Waals surface area contributed by atoms with Crippen LogP contribution in [0.2, 0.25) is 10.0 Å². The summed E-state index contributed by atoms with van der Waals surface area (Å²) in [5.74, 6) is -1.02. The fourth-order valence-electron chi connectivity index (χ4n) is 1.53. The standard InChI is InChI=1S/C15H11Cl2NO3/c16-11-3-1-10(2-4-11)15(20)21-9-14(19)18-13-7-5-12(17)6-8-13/h1-8H,9H2,(H,18,19). The summed E-state index contributed by atoms with van der Waals surface area (Å²) in [7, 11) is 0. The molecule has 0 aromatic heterocycles. The molecule has 2 aromatic carbocycles. The van der Waals surface area contributed by atoms with E-state index in [1.54, 1.807) is 36.4 Å². The molecule has 1 amide bonds. The number of benzene rings is 2. The van der Waals surface area contributed by atoms with E-state index in [0.29, 0.717) is 21.3 Å². The molecule has 0 heterocycles. The monoisotopic (exact) mass is 323 g/mol. The van der Waals surface area contributed by atoms with Crippen LogP contribution < -0.4 is 5.32 Å². The van der Waals surface area contributed by atoms with Crippen molar-refractivity contribution in [1.29, 1.82) is 0 Å². The average molecular weight is 324 g/mol. The number of carbonyl (C=O) groups excluding carboxylic acids is 2. The minimum atomic E-state index is -0.585. The van der Waals surface area contributed by atoms with E-state index in [1.807, 2.05) is 0 Å². The van der Waals surface area contributed by atoms with Crippen molar-refractivity contribution in [2.24, 2.45) is 0 Å². The normalized spacial score (nSPS) is 10.0. The third-order valence-corrected chi connectivity index (χ3v) is 3.05. The first-order valence-corrected chi connectivity index (χ1v) is 6.78. The largest absolute Gasteiger partial charge is 0.452 e. The molecule has 6 heteroatoms. The summed E-state index contributed by atoms with van der Waals surface area (Å²) in [6.45, 7) is -0.371. The summed E-state index contributed by atoms with van der Waals surface area (Å²) in [6.07, 6.45) is 0. The average Bonchev–Trinajstić information content (AvgIpc) is 2.48. The van der Waals surface area contributed by atoms with Crippen LogP contribution in [0, 0.1) is 0 Å². The van der Waals surface area contributed by atoms with Crippen LogP contribution in [0.25, 0.3) is 0 Å². The van der Waals surface area contributed by atoms with E-state index < -0.39 is 11.9 Å². The predicted molar refractivity (Wildman–Crippen MR) is 81.8 cm³/mol. The van der Waals surface area contributed by atoms with E-state index in [-0.39, 0.29) is 6.61 Å². The van der Waals surface area contributed by atoms with Crippen LogP contribution in [0.3, 0.4) is 0 Å². The molecule has 21 heavy (non-hydrogen) atoms. The van der Waals surface area contributed by atoms with Crippen molar-refractivity contribution in [1.82, 2.24) is 0 Å². The number of halogens is 2. The smallest absolute Gasteiger partial charge is 0.338 e. The van der Waals surface area contributed by atoms with Crippen molar-refractivity contribution in [2.75, 3.05) is 11.9 Å². The highest BCUT2D eigenvalue weighted by Gasteiger charge is 2.10. The van der Waals surface area contributed by atoms with Gasteiger partial charge in [-0.25, -0.2) is 4.79 Å². The molecule has 0 spiro atoms. The number of amides is 1. The van der Waals surface area contributed by atoms with Gasteiger partial charge in [0.2, 0.25) is 0 Å². The number of hydrogen-bond donors (Lipinski definition) is 1. The fraction of sp³-hybridized carbons (Fsp3) is 0.0667. The maximum atomic E-state index is 11.7. The van der Waals surface area contributed by atoms with Gasteiger partial charge in [0.05, 0.1) is 5.56 Å². The zero-order chi connectivity index (χ0) is 15.2. The molecule has 0 radical (unpaired) electrons. The lowest BCUT2D eigenvalue weighted by Crippen LogP contribution is -2.20. The first-order valence-electron chi connectivity index (χ1n) is 6.03. The maximum absolute atomic E-state index is 11.7. The molecule has 0 aliphatic heterocycles. The number of anilines is 1. The molecule has 0 unspecified atom stereocenters. The van der Waals surface area contributed by atoms with Gasteiger partial charge in [-0.1, -0.05) is 23.2 Å². The van der Waals surface area contributed by atoms with Crippen molar-refractivity contribution < 1.29 is 14.3 Å². The molecular formula is C15H11Cl2NO3. The molecule has 108 valence electrons. The van der Waals surface area contributed by atoms with E-state index in [4.69, 9.17) is 27.9 Å². The first-order chi connectivity index (χ1) is 10.0. The SMILES string of the molecule is O=C(COC(=O)c1ccc(Cl)cc1)Nc1ccc(Cl)cc1. The lowest BCUT2D eigenvalue weighted by molar-refractivity contribution is -0.119. The van der Waals surface area contributed by atoms with Crippen LogP contribution in [0.4, 0.5) is 5.69 Å². The number of nitrogens with one attached hydrogen (secondary N) is 1. The number of hydrogen-bond acceptors (Lipinski definition) is 3. The van der Waals surface area contributed by atoms with E-state index in [9.17, 15) is 9.59 Å². The Hall–Kier alpha value is -2.04. The van der Waals surface area contributed by atoms with Crippen LogP contribution in [0.1, 0.15) is 10.4 Å². The highest BCUT2D eigenvalue weighted by molar-refractivity contribution is 6.31. The lowest BCUT2D eigenvalue weighted by Gasteiger charge is -2.06. The van der Waals surface area contributed by atoms with E-state index in [2.05, 4.69) is 5.32 Å². The zero-order valence-electron chi connectivity index (χ0n) is 10.8. The second-order valence-corrected chi connectivity index (χ2v) is 5.01. The van der Waals surface area contributed by atoms with Gasteiger partial charge in [0, 0.05) is 15.7 Å². The molecule has 0 saturated carbocycles. The number of esters is 1. The van der Waals surface area contributed by atoms with Gasteiger partial charge in [0.1, 0.15) is 0 Å². The van der Waals surface area contributed by atoms with E-state index in [0.717, 1.165) is 0 Å². The molecule has 0 aliphatic carbocycles. The third-order valence-electron chi connectivity index (χ3n) is 2.54. The minimum Gasteiger partial charge on any atom is -0.452 e. The Morgan fingerprint density at radius 3 is 2.00 bits per heavy atom. The van der Waals surface area contributed by atoms with Crippen molar-refractivity contribution in [2.45, 2.75) is 0 Å². The van der Waals surface area contributed by atoms with Crippen molar-refractivity contribution in [3.05, 3.63) is 64.1 Å². The topological polar surface area (TPSA) is 55.4 Å². The van der Waals surface area contributed by atoms with Gasteiger partial charge < -0.3 is 10.1 Å². The third kappa shape index (κ3) is 4.77. The number of ether oxygens (including phenoxy) is 1. The van der Waals surface area contributed by atoms with E-state index in [1.165, 1.54) is 12.1 Å². The molecule has 0 atom stereocenters. The lowest BCUT2D eigenvalue weighted by atomic mass is 10.2. The van der Waals surface area contributed by atoms with Crippen LogP contribution in [0.15, 0.2) is 48.5 Å². The molecule has 2 aromatic rings. The summed E-state index contributed by atoms with van der Waals surface area (Å²) in [4.78, 5) is 23.3. The highest BCUT2D eigenvalue weighted by Crippen LogP contribution is 2.13. The van der Waals surface area contributed by atoms with Crippen LogP contribution >= 0.6 is 23.2 Å². The van der Waals surface area contributed by atoms with Gasteiger partial charge >= 0.3 is 5.97 Å². The van der Waals surface area contributed by atoms with Crippen molar-refractivity contribution in [3.8, 4) is 0 Å². The van der Waals surface area contributed by atoms with Gasteiger partial charge in [0.15, 0.2) is 6.61 Å². The number of rotatable bonds is 4. The summed E-state index contributed by atoms with van der Waals surface area (Å²) < 4.78 is 4.91. The summed E-state index contributed by atoms with van der Waals surface area (Å²) >= 11 is 11.5. The number of carbonyl (C=O) groups is 2. The van der Waals surface area contributed by atoms with E-state index >= 15 is 0 Å². The molecule has 0 fully saturated rings. The van der Waals surface area contributed by atoms with Crippen molar-refractivity contribution in [3.63, 3.8) is 0 Å².